The smallest absolute Gasteiger partial charge is 0.253 e. The molecule has 1 unspecified atom stereocenters. The number of carbonyl (C=O) groups is 1. The summed E-state index contributed by atoms with van der Waals surface area (Å²) in [4.78, 5) is 20.1. The highest BCUT2D eigenvalue weighted by Gasteiger charge is 2.29. The number of nitrogens with one attached hydrogen (secondary N) is 1. The standard InChI is InChI=1S/C28H27N3O5S3/c1-38(33,34)26-8-3-2-6-23(26)21-9-11-22(12-10-21)28(32)31-17-15-20(19-31)18-30-39(35,36)27-14-13-25(37-27)24-7-4-5-16-29-24/h2-14,16,20,30H,15,17-19H2,1H3. The second-order valence-electron chi connectivity index (χ2n) is 9.44. The van der Waals surface area contributed by atoms with E-state index in [1.807, 2.05) is 18.2 Å². The maximum Gasteiger partial charge on any atom is 0.253 e. The van der Waals surface area contributed by atoms with E-state index in [1.54, 1.807) is 71.8 Å². The van der Waals surface area contributed by atoms with Crippen LogP contribution in [-0.4, -0.2) is 58.5 Å². The molecule has 1 saturated heterocycles. The van der Waals surface area contributed by atoms with Crippen LogP contribution in [0.15, 0.2) is 94.2 Å². The van der Waals surface area contributed by atoms with E-state index in [0.717, 1.165) is 10.6 Å². The third-order valence-electron chi connectivity index (χ3n) is 6.63. The first-order valence-corrected chi connectivity index (χ1v) is 16.5. The third-order valence-corrected chi connectivity index (χ3v) is 10.8. The number of hydrogen-bond donors (Lipinski definition) is 1. The topological polar surface area (TPSA) is 114 Å². The van der Waals surface area contributed by atoms with Crippen LogP contribution >= 0.6 is 11.3 Å². The van der Waals surface area contributed by atoms with Gasteiger partial charge in [-0.25, -0.2) is 21.6 Å². The van der Waals surface area contributed by atoms with Gasteiger partial charge >= 0.3 is 0 Å². The van der Waals surface area contributed by atoms with Crippen molar-refractivity contribution in [3.63, 3.8) is 0 Å². The Balaban J connectivity index is 1.20. The third kappa shape index (κ3) is 6.11. The molecule has 1 atom stereocenters. The fourth-order valence-electron chi connectivity index (χ4n) is 4.60. The van der Waals surface area contributed by atoms with Gasteiger partial charge in [-0.1, -0.05) is 36.4 Å². The van der Waals surface area contributed by atoms with Gasteiger partial charge in [-0.15, -0.1) is 11.3 Å². The number of hydrogen-bond acceptors (Lipinski definition) is 7. The molecule has 0 radical (unpaired) electrons. The van der Waals surface area contributed by atoms with Gasteiger partial charge in [0.1, 0.15) is 4.21 Å². The molecule has 0 bridgehead atoms. The molecule has 3 heterocycles. The molecule has 0 saturated carbocycles. The van der Waals surface area contributed by atoms with Gasteiger partial charge in [-0.3, -0.25) is 9.78 Å². The van der Waals surface area contributed by atoms with Gasteiger partial charge < -0.3 is 4.90 Å². The number of sulfone groups is 1. The lowest BCUT2D eigenvalue weighted by molar-refractivity contribution is 0.0787. The van der Waals surface area contributed by atoms with E-state index < -0.39 is 19.9 Å². The molecular weight excluding hydrogens is 555 g/mol. The molecular formula is C28H27N3O5S3. The summed E-state index contributed by atoms with van der Waals surface area (Å²) < 4.78 is 53.0. The number of sulfonamides is 1. The van der Waals surface area contributed by atoms with Crippen molar-refractivity contribution in [2.75, 3.05) is 25.9 Å². The lowest BCUT2D eigenvalue weighted by Gasteiger charge is -2.17. The molecule has 2 aromatic heterocycles. The number of rotatable bonds is 8. The van der Waals surface area contributed by atoms with Gasteiger partial charge in [-0.05, 0) is 60.4 Å². The molecule has 11 heteroatoms. The molecule has 1 N–H and O–H groups in total. The van der Waals surface area contributed by atoms with Gasteiger partial charge in [0.25, 0.3) is 5.91 Å². The van der Waals surface area contributed by atoms with Gasteiger partial charge in [0, 0.05) is 43.2 Å². The van der Waals surface area contributed by atoms with Crippen LogP contribution in [0.5, 0.6) is 0 Å². The predicted molar refractivity (Wildman–Crippen MR) is 152 cm³/mol. The Labute approximate surface area is 232 Å². The Kier molecular flexibility index (Phi) is 7.68. The molecule has 8 nitrogen and oxygen atoms in total. The predicted octanol–water partition coefficient (Wildman–Crippen LogP) is 4.32. The van der Waals surface area contributed by atoms with E-state index in [2.05, 4.69) is 9.71 Å². The summed E-state index contributed by atoms with van der Waals surface area (Å²) >= 11 is 1.17. The zero-order valence-corrected chi connectivity index (χ0v) is 23.6. The Morgan fingerprint density at radius 2 is 1.72 bits per heavy atom. The highest BCUT2D eigenvalue weighted by atomic mass is 32.2. The monoisotopic (exact) mass is 581 g/mol. The average molecular weight is 582 g/mol. The first-order valence-electron chi connectivity index (χ1n) is 12.3. The zero-order chi connectivity index (χ0) is 27.6. The first kappa shape index (κ1) is 27.2. The number of thiophene rings is 1. The average Bonchev–Trinajstić information content (AvgIpc) is 3.63. The molecule has 202 valence electrons. The van der Waals surface area contributed by atoms with Gasteiger partial charge in [0.15, 0.2) is 9.84 Å². The molecule has 0 spiro atoms. The second-order valence-corrected chi connectivity index (χ2v) is 14.5. The maximum absolute atomic E-state index is 13.1. The van der Waals surface area contributed by atoms with Crippen molar-refractivity contribution in [3.05, 3.63) is 90.6 Å². The normalized spacial score (nSPS) is 15.9. The van der Waals surface area contributed by atoms with Crippen LogP contribution in [0.4, 0.5) is 0 Å². The van der Waals surface area contributed by atoms with Crippen LogP contribution in [0.25, 0.3) is 21.7 Å². The number of amides is 1. The van der Waals surface area contributed by atoms with Crippen LogP contribution in [0.2, 0.25) is 0 Å². The summed E-state index contributed by atoms with van der Waals surface area (Å²) in [5.41, 5.74) is 2.52. The van der Waals surface area contributed by atoms with Crippen LogP contribution in [-0.2, 0) is 19.9 Å². The highest BCUT2D eigenvalue weighted by molar-refractivity contribution is 7.91. The summed E-state index contributed by atoms with van der Waals surface area (Å²) in [6.07, 6.45) is 3.53. The Bertz CT molecular complexity index is 1700. The van der Waals surface area contributed by atoms with Gasteiger partial charge in [0.2, 0.25) is 10.0 Å². The molecule has 1 fully saturated rings. The van der Waals surface area contributed by atoms with E-state index >= 15 is 0 Å². The molecule has 4 aromatic rings. The molecule has 1 aliphatic rings. The minimum absolute atomic E-state index is 0.000131. The number of likely N-dealkylation sites (tertiary alicyclic amines) is 1. The van der Waals surface area contributed by atoms with Crippen molar-refractivity contribution in [3.8, 4) is 21.7 Å². The fourth-order valence-corrected chi connectivity index (χ4v) is 7.95. The minimum atomic E-state index is -3.68. The van der Waals surface area contributed by atoms with E-state index in [1.165, 1.54) is 17.6 Å². The summed E-state index contributed by atoms with van der Waals surface area (Å²) in [7, 11) is -7.07. The van der Waals surface area contributed by atoms with E-state index in [4.69, 9.17) is 0 Å². The molecule has 39 heavy (non-hydrogen) atoms. The highest BCUT2D eigenvalue weighted by Crippen LogP contribution is 2.30. The van der Waals surface area contributed by atoms with Crippen molar-refractivity contribution >= 4 is 37.1 Å². The van der Waals surface area contributed by atoms with Crippen LogP contribution < -0.4 is 4.72 Å². The molecule has 0 aliphatic carbocycles. The van der Waals surface area contributed by atoms with Gasteiger partial charge in [-0.2, -0.15) is 0 Å². The fraction of sp³-hybridized carbons (Fsp3) is 0.214. The summed E-state index contributed by atoms with van der Waals surface area (Å²) in [6.45, 7) is 1.22. The SMILES string of the molecule is CS(=O)(=O)c1ccccc1-c1ccc(C(=O)N2CCC(CNS(=O)(=O)c3ccc(-c4ccccn4)s3)C2)cc1. The van der Waals surface area contributed by atoms with Crippen molar-refractivity contribution in [2.24, 2.45) is 5.92 Å². The molecule has 1 amide bonds. The Morgan fingerprint density at radius 1 is 0.974 bits per heavy atom. The molecule has 1 aliphatic heterocycles. The Hall–Kier alpha value is -3.38. The van der Waals surface area contributed by atoms with Crippen LogP contribution in [0.1, 0.15) is 16.8 Å². The van der Waals surface area contributed by atoms with Gasteiger partial charge in [0.05, 0.1) is 15.5 Å². The van der Waals surface area contributed by atoms with Crippen molar-refractivity contribution in [1.82, 2.24) is 14.6 Å². The lowest BCUT2D eigenvalue weighted by atomic mass is 10.0. The van der Waals surface area contributed by atoms with E-state index in [0.29, 0.717) is 36.2 Å². The van der Waals surface area contributed by atoms with Crippen molar-refractivity contribution in [2.45, 2.75) is 15.5 Å². The number of aromatic nitrogens is 1. The maximum atomic E-state index is 13.1. The lowest BCUT2D eigenvalue weighted by Crippen LogP contribution is -2.32. The quantitative estimate of drug-likeness (QED) is 0.332. The van der Waals surface area contributed by atoms with E-state index in [9.17, 15) is 21.6 Å². The molecule has 2 aromatic carbocycles. The zero-order valence-electron chi connectivity index (χ0n) is 21.1. The van der Waals surface area contributed by atoms with E-state index in [-0.39, 0.29) is 27.5 Å². The summed E-state index contributed by atoms with van der Waals surface area (Å²) in [6, 6.07) is 22.5. The van der Waals surface area contributed by atoms with Crippen LogP contribution in [0.3, 0.4) is 0 Å². The largest absolute Gasteiger partial charge is 0.338 e. The summed E-state index contributed by atoms with van der Waals surface area (Å²) in [5, 5.41) is 0. The number of carbonyl (C=O) groups excluding carboxylic acids is 1. The first-order chi connectivity index (χ1) is 18.6. The van der Waals surface area contributed by atoms with Crippen LogP contribution in [0, 0.1) is 5.92 Å². The minimum Gasteiger partial charge on any atom is -0.338 e. The Morgan fingerprint density at radius 3 is 2.44 bits per heavy atom. The number of nitrogens with zero attached hydrogens (tertiary/aromatic N) is 2. The van der Waals surface area contributed by atoms with Crippen molar-refractivity contribution < 1.29 is 21.6 Å². The number of pyridine rings is 1. The van der Waals surface area contributed by atoms with Crippen molar-refractivity contribution in [1.29, 1.82) is 0 Å². The second kappa shape index (κ2) is 11.0. The number of benzene rings is 2. The molecule has 5 rings (SSSR count). The summed E-state index contributed by atoms with van der Waals surface area (Å²) in [5.74, 6) is -0.138.